The van der Waals surface area contributed by atoms with Crippen molar-refractivity contribution in [2.24, 2.45) is 0 Å². The van der Waals surface area contributed by atoms with Crippen molar-refractivity contribution in [1.29, 1.82) is 0 Å². The second-order valence-electron chi connectivity index (χ2n) is 5.70. The molecule has 6 heteroatoms. The molecule has 1 N–H and O–H groups in total. The fourth-order valence-corrected chi connectivity index (χ4v) is 3.67. The van der Waals surface area contributed by atoms with E-state index < -0.39 is 0 Å². The Morgan fingerprint density at radius 2 is 1.78 bits per heavy atom. The van der Waals surface area contributed by atoms with Crippen LogP contribution in [0, 0.1) is 0 Å². The molecule has 0 unspecified atom stereocenters. The smallest absolute Gasteiger partial charge is 0.255 e. The van der Waals surface area contributed by atoms with Crippen molar-refractivity contribution < 1.29 is 9.53 Å². The molecule has 0 aliphatic heterocycles. The predicted molar refractivity (Wildman–Crippen MR) is 113 cm³/mol. The molecule has 0 saturated heterocycles. The van der Waals surface area contributed by atoms with Crippen molar-refractivity contribution in [3.05, 3.63) is 87.9 Å². The average Bonchev–Trinajstić information content (AvgIpc) is 2.69. The summed E-state index contributed by atoms with van der Waals surface area (Å²) in [4.78, 5) is 13.7. The van der Waals surface area contributed by atoms with Crippen LogP contribution in [0.1, 0.15) is 15.9 Å². The number of nitrogens with one attached hydrogen (secondary N) is 1. The summed E-state index contributed by atoms with van der Waals surface area (Å²) in [6.07, 6.45) is 0. The molecule has 0 fully saturated rings. The number of carbonyl (C=O) groups excluding carboxylic acids is 1. The molecule has 0 saturated carbocycles. The molecular formula is C21H17Cl2NO2S. The number of amides is 1. The first-order valence-corrected chi connectivity index (χ1v) is 9.92. The van der Waals surface area contributed by atoms with Gasteiger partial charge in [0.05, 0.1) is 17.8 Å². The lowest BCUT2D eigenvalue weighted by molar-refractivity contribution is 0.102. The van der Waals surface area contributed by atoms with Gasteiger partial charge in [0.15, 0.2) is 0 Å². The maximum Gasteiger partial charge on any atom is 0.255 e. The van der Waals surface area contributed by atoms with Gasteiger partial charge in [0, 0.05) is 26.8 Å². The highest BCUT2D eigenvalue weighted by molar-refractivity contribution is 7.98. The Morgan fingerprint density at radius 3 is 2.48 bits per heavy atom. The molecule has 3 aromatic carbocycles. The van der Waals surface area contributed by atoms with Gasteiger partial charge in [-0.25, -0.2) is 0 Å². The van der Waals surface area contributed by atoms with Crippen LogP contribution in [0.4, 0.5) is 5.69 Å². The lowest BCUT2D eigenvalue weighted by Crippen LogP contribution is -2.12. The first kappa shape index (κ1) is 19.6. The van der Waals surface area contributed by atoms with Crippen LogP contribution >= 0.6 is 35.0 Å². The normalized spacial score (nSPS) is 10.5. The first-order valence-electron chi connectivity index (χ1n) is 8.18. The van der Waals surface area contributed by atoms with Gasteiger partial charge >= 0.3 is 0 Å². The third-order valence-electron chi connectivity index (χ3n) is 3.87. The van der Waals surface area contributed by atoms with Crippen molar-refractivity contribution in [3.8, 4) is 5.75 Å². The highest BCUT2D eigenvalue weighted by Gasteiger charge is 2.12. The van der Waals surface area contributed by atoms with Crippen LogP contribution in [0.5, 0.6) is 5.75 Å². The summed E-state index contributed by atoms with van der Waals surface area (Å²) in [5, 5.41) is 4.04. The lowest BCUT2D eigenvalue weighted by atomic mass is 10.1. The summed E-state index contributed by atoms with van der Waals surface area (Å²) in [6.45, 7) is 0. The van der Waals surface area contributed by atoms with Crippen LogP contribution in [0.2, 0.25) is 10.0 Å². The summed E-state index contributed by atoms with van der Waals surface area (Å²) in [7, 11) is 1.62. The average molecular weight is 418 g/mol. The zero-order chi connectivity index (χ0) is 19.2. The minimum Gasteiger partial charge on any atom is -0.496 e. The fraction of sp³-hybridized carbons (Fsp3) is 0.0952. The topological polar surface area (TPSA) is 38.3 Å². The third kappa shape index (κ3) is 5.19. The first-order chi connectivity index (χ1) is 13.1. The highest BCUT2D eigenvalue weighted by atomic mass is 35.5. The quantitative estimate of drug-likeness (QED) is 0.462. The number of hydrogen-bond donors (Lipinski definition) is 1. The Hall–Kier alpha value is -2.14. The van der Waals surface area contributed by atoms with E-state index >= 15 is 0 Å². The predicted octanol–water partition coefficient (Wildman–Crippen LogP) is 6.55. The molecule has 0 aromatic heterocycles. The number of para-hydroxylation sites is 1. The molecule has 0 heterocycles. The van der Waals surface area contributed by atoms with E-state index in [2.05, 4.69) is 5.32 Å². The van der Waals surface area contributed by atoms with Gasteiger partial charge in [0.1, 0.15) is 5.75 Å². The number of hydrogen-bond acceptors (Lipinski definition) is 3. The molecule has 27 heavy (non-hydrogen) atoms. The number of ether oxygens (including phenoxy) is 1. The van der Waals surface area contributed by atoms with Crippen LogP contribution in [0.15, 0.2) is 71.6 Å². The summed E-state index contributed by atoms with van der Waals surface area (Å²) < 4.78 is 5.44. The second-order valence-corrected chi connectivity index (χ2v) is 7.60. The molecule has 3 nitrogen and oxygen atoms in total. The van der Waals surface area contributed by atoms with E-state index in [1.54, 1.807) is 43.1 Å². The maximum absolute atomic E-state index is 12.6. The van der Waals surface area contributed by atoms with Gasteiger partial charge in [0.25, 0.3) is 5.91 Å². The molecule has 0 radical (unpaired) electrons. The molecule has 0 aliphatic rings. The lowest BCUT2D eigenvalue weighted by Gasteiger charge is -2.12. The molecule has 138 valence electrons. The summed E-state index contributed by atoms with van der Waals surface area (Å²) in [6, 6.07) is 20.2. The maximum atomic E-state index is 12.6. The van der Waals surface area contributed by atoms with Gasteiger partial charge in [-0.05, 0) is 54.6 Å². The van der Waals surface area contributed by atoms with Crippen LogP contribution in [-0.4, -0.2) is 13.0 Å². The molecule has 0 bridgehead atoms. The van der Waals surface area contributed by atoms with E-state index in [1.165, 1.54) is 0 Å². The second kappa shape index (κ2) is 9.18. The molecule has 3 aromatic rings. The van der Waals surface area contributed by atoms with Gasteiger partial charge in [0.2, 0.25) is 0 Å². The van der Waals surface area contributed by atoms with Gasteiger partial charge < -0.3 is 10.1 Å². The van der Waals surface area contributed by atoms with Gasteiger partial charge in [-0.2, -0.15) is 0 Å². The van der Waals surface area contributed by atoms with Crippen molar-refractivity contribution >= 4 is 46.6 Å². The van der Waals surface area contributed by atoms with E-state index in [0.29, 0.717) is 27.0 Å². The van der Waals surface area contributed by atoms with Gasteiger partial charge in [-0.3, -0.25) is 4.79 Å². The van der Waals surface area contributed by atoms with Crippen molar-refractivity contribution in [2.45, 2.75) is 10.6 Å². The van der Waals surface area contributed by atoms with Gasteiger partial charge in [-0.15, -0.1) is 11.8 Å². The van der Waals surface area contributed by atoms with Crippen molar-refractivity contribution in [3.63, 3.8) is 0 Å². The van der Waals surface area contributed by atoms with E-state index in [1.807, 2.05) is 42.5 Å². The highest BCUT2D eigenvalue weighted by Crippen LogP contribution is 2.30. The van der Waals surface area contributed by atoms with E-state index in [-0.39, 0.29) is 5.91 Å². The summed E-state index contributed by atoms with van der Waals surface area (Å²) >= 11 is 13.7. The summed E-state index contributed by atoms with van der Waals surface area (Å²) in [5.74, 6) is 1.19. The number of thioether (sulfide) groups is 1. The fourth-order valence-electron chi connectivity index (χ4n) is 2.48. The van der Waals surface area contributed by atoms with Crippen LogP contribution in [0.3, 0.4) is 0 Å². The Balaban J connectivity index is 1.77. The SMILES string of the molecule is COc1ccc(C(=O)Nc2ccccc2Cl)cc1CSc1ccc(Cl)cc1. The molecular weight excluding hydrogens is 401 g/mol. The Bertz CT molecular complexity index is 945. The van der Waals surface area contributed by atoms with E-state index in [4.69, 9.17) is 27.9 Å². The van der Waals surface area contributed by atoms with Crippen LogP contribution < -0.4 is 10.1 Å². The molecule has 0 spiro atoms. The Kier molecular flexibility index (Phi) is 6.67. The minimum atomic E-state index is -0.219. The molecule has 1 amide bonds. The monoisotopic (exact) mass is 417 g/mol. The standard InChI is InChI=1S/C21H17Cl2NO2S/c1-26-20-11-6-14(21(25)24-19-5-3-2-4-18(19)23)12-15(20)13-27-17-9-7-16(22)8-10-17/h2-12H,13H2,1H3,(H,24,25). The van der Waals surface area contributed by atoms with Crippen LogP contribution in [0.25, 0.3) is 0 Å². The minimum absolute atomic E-state index is 0.219. The van der Waals surface area contributed by atoms with E-state index in [0.717, 1.165) is 16.2 Å². The van der Waals surface area contributed by atoms with Crippen molar-refractivity contribution in [2.75, 3.05) is 12.4 Å². The third-order valence-corrected chi connectivity index (χ3v) is 5.52. The molecule has 3 rings (SSSR count). The van der Waals surface area contributed by atoms with Gasteiger partial charge in [-0.1, -0.05) is 35.3 Å². The van der Waals surface area contributed by atoms with E-state index in [9.17, 15) is 4.79 Å². The number of carbonyl (C=O) groups is 1. The Morgan fingerprint density at radius 1 is 1.04 bits per heavy atom. The van der Waals surface area contributed by atoms with Crippen molar-refractivity contribution in [1.82, 2.24) is 0 Å². The number of methoxy groups -OCH3 is 1. The number of benzene rings is 3. The zero-order valence-electron chi connectivity index (χ0n) is 14.5. The number of halogens is 2. The number of anilines is 1. The van der Waals surface area contributed by atoms with Crippen LogP contribution in [-0.2, 0) is 5.75 Å². The molecule has 0 aliphatic carbocycles. The molecule has 0 atom stereocenters. The Labute approximate surface area is 172 Å². The number of rotatable bonds is 6. The largest absolute Gasteiger partial charge is 0.496 e. The zero-order valence-corrected chi connectivity index (χ0v) is 16.9. The summed E-state index contributed by atoms with van der Waals surface area (Å²) in [5.41, 5.74) is 2.06.